The number of para-hydroxylation sites is 3. The lowest BCUT2D eigenvalue weighted by Crippen LogP contribution is -2.25. The van der Waals surface area contributed by atoms with E-state index < -0.39 is 5.09 Å². The molecule has 0 bridgehead atoms. The molecule has 6 nitrogen and oxygen atoms in total. The van der Waals surface area contributed by atoms with Crippen LogP contribution in [0.2, 0.25) is 0 Å². The summed E-state index contributed by atoms with van der Waals surface area (Å²) in [4.78, 5) is 28.8. The van der Waals surface area contributed by atoms with Crippen molar-refractivity contribution in [3.8, 4) is 5.75 Å². The molecule has 0 saturated carbocycles. The molecule has 0 aliphatic heterocycles. The third-order valence-electron chi connectivity index (χ3n) is 2.85. The van der Waals surface area contributed by atoms with Gasteiger partial charge in [0, 0.05) is 12.1 Å². The predicted octanol–water partition coefficient (Wildman–Crippen LogP) is 3.33. The SMILES string of the molecule is CCC(=O)N(c1ccccc1)c1ccccc1O[N+](=O)[O-]. The van der Waals surface area contributed by atoms with Crippen molar-refractivity contribution in [3.63, 3.8) is 0 Å². The topological polar surface area (TPSA) is 72.7 Å². The normalized spacial score (nSPS) is 9.95. The first kappa shape index (κ1) is 14.5. The van der Waals surface area contributed by atoms with E-state index in [1.165, 1.54) is 11.0 Å². The van der Waals surface area contributed by atoms with Gasteiger partial charge < -0.3 is 0 Å². The van der Waals surface area contributed by atoms with Gasteiger partial charge in [-0.1, -0.05) is 37.3 Å². The lowest BCUT2D eigenvalue weighted by atomic mass is 10.2. The Kier molecular flexibility index (Phi) is 4.50. The Hall–Kier alpha value is -2.89. The van der Waals surface area contributed by atoms with Crippen molar-refractivity contribution >= 4 is 17.3 Å². The number of anilines is 2. The maximum atomic E-state index is 12.3. The van der Waals surface area contributed by atoms with Gasteiger partial charge in [-0.15, -0.1) is 10.1 Å². The maximum Gasteiger partial charge on any atom is 0.299 e. The molecule has 0 N–H and O–H groups in total. The molecule has 1 amide bonds. The molecule has 2 aromatic carbocycles. The van der Waals surface area contributed by atoms with Gasteiger partial charge in [-0.05, 0) is 24.3 Å². The van der Waals surface area contributed by atoms with Gasteiger partial charge in [0.1, 0.15) is 5.75 Å². The highest BCUT2D eigenvalue weighted by molar-refractivity contribution is 6.01. The van der Waals surface area contributed by atoms with E-state index in [1.54, 1.807) is 49.4 Å². The maximum absolute atomic E-state index is 12.3. The number of benzene rings is 2. The largest absolute Gasteiger partial charge is 0.299 e. The first-order chi connectivity index (χ1) is 10.1. The van der Waals surface area contributed by atoms with E-state index in [0.717, 1.165) is 0 Å². The summed E-state index contributed by atoms with van der Waals surface area (Å²) in [6.07, 6.45) is 0.266. The molecule has 0 radical (unpaired) electrons. The quantitative estimate of drug-likeness (QED) is 0.624. The Labute approximate surface area is 121 Å². The van der Waals surface area contributed by atoms with Crippen LogP contribution in [-0.2, 0) is 4.79 Å². The molecule has 108 valence electrons. The molecule has 0 atom stereocenters. The monoisotopic (exact) mass is 286 g/mol. The van der Waals surface area contributed by atoms with Crippen LogP contribution in [0.5, 0.6) is 5.75 Å². The Morgan fingerprint density at radius 2 is 1.76 bits per heavy atom. The molecule has 0 aliphatic carbocycles. The lowest BCUT2D eigenvalue weighted by molar-refractivity contribution is -0.710. The van der Waals surface area contributed by atoms with Crippen LogP contribution in [0.3, 0.4) is 0 Å². The zero-order valence-corrected chi connectivity index (χ0v) is 11.4. The summed E-state index contributed by atoms with van der Waals surface area (Å²) in [6.45, 7) is 1.73. The van der Waals surface area contributed by atoms with Crippen LogP contribution in [-0.4, -0.2) is 11.0 Å². The van der Waals surface area contributed by atoms with Crippen molar-refractivity contribution in [1.29, 1.82) is 0 Å². The summed E-state index contributed by atoms with van der Waals surface area (Å²) < 4.78 is 0. The fraction of sp³-hybridized carbons (Fsp3) is 0.133. The standard InChI is InChI=1S/C15H14N2O4/c1-2-15(18)16(12-8-4-3-5-9-12)13-10-6-7-11-14(13)21-17(19)20/h3-11H,2H2,1H3. The zero-order valence-electron chi connectivity index (χ0n) is 11.4. The van der Waals surface area contributed by atoms with Crippen LogP contribution in [0.1, 0.15) is 13.3 Å². The minimum Gasteiger partial charge on any atom is -0.279 e. The van der Waals surface area contributed by atoms with Crippen molar-refractivity contribution in [3.05, 3.63) is 64.7 Å². The van der Waals surface area contributed by atoms with Crippen molar-refractivity contribution in [2.75, 3.05) is 4.90 Å². The third kappa shape index (κ3) is 3.36. The van der Waals surface area contributed by atoms with E-state index in [9.17, 15) is 14.9 Å². The minimum atomic E-state index is -0.890. The highest BCUT2D eigenvalue weighted by Crippen LogP contribution is 2.34. The van der Waals surface area contributed by atoms with E-state index in [-0.39, 0.29) is 18.1 Å². The molecule has 0 unspecified atom stereocenters. The Morgan fingerprint density at radius 1 is 1.14 bits per heavy atom. The van der Waals surface area contributed by atoms with Crippen LogP contribution in [0, 0.1) is 10.1 Å². The number of amides is 1. The first-order valence-electron chi connectivity index (χ1n) is 6.43. The van der Waals surface area contributed by atoms with Crippen molar-refractivity contribution in [1.82, 2.24) is 0 Å². The lowest BCUT2D eigenvalue weighted by Gasteiger charge is -2.24. The Bertz CT molecular complexity index is 643. The summed E-state index contributed by atoms with van der Waals surface area (Å²) in [6, 6.07) is 15.3. The van der Waals surface area contributed by atoms with Crippen LogP contribution in [0.15, 0.2) is 54.6 Å². The summed E-state index contributed by atoms with van der Waals surface area (Å²) >= 11 is 0. The van der Waals surface area contributed by atoms with Gasteiger partial charge >= 0.3 is 0 Å². The van der Waals surface area contributed by atoms with Crippen molar-refractivity contribution < 1.29 is 14.7 Å². The fourth-order valence-corrected chi connectivity index (χ4v) is 1.95. The molecule has 0 fully saturated rings. The number of carbonyl (C=O) groups is 1. The summed E-state index contributed by atoms with van der Waals surface area (Å²) in [5.74, 6) is -0.159. The van der Waals surface area contributed by atoms with Gasteiger partial charge in [-0.3, -0.25) is 14.5 Å². The second kappa shape index (κ2) is 6.51. The fourth-order valence-electron chi connectivity index (χ4n) is 1.95. The number of rotatable bonds is 5. The Balaban J connectivity index is 2.52. The summed E-state index contributed by atoms with van der Waals surface area (Å²) in [7, 11) is 0. The zero-order chi connectivity index (χ0) is 15.2. The van der Waals surface area contributed by atoms with Crippen molar-refractivity contribution in [2.45, 2.75) is 13.3 Å². The van der Waals surface area contributed by atoms with Crippen molar-refractivity contribution in [2.24, 2.45) is 0 Å². The van der Waals surface area contributed by atoms with Gasteiger partial charge in [0.25, 0.3) is 5.09 Å². The molecule has 0 aromatic heterocycles. The van der Waals surface area contributed by atoms with Crippen LogP contribution in [0.4, 0.5) is 11.4 Å². The van der Waals surface area contributed by atoms with Gasteiger partial charge in [0.15, 0.2) is 0 Å². The summed E-state index contributed by atoms with van der Waals surface area (Å²) in [5.41, 5.74) is 0.969. The molecule has 21 heavy (non-hydrogen) atoms. The van der Waals surface area contributed by atoms with Crippen LogP contribution >= 0.6 is 0 Å². The van der Waals surface area contributed by atoms with Crippen LogP contribution < -0.4 is 9.74 Å². The third-order valence-corrected chi connectivity index (χ3v) is 2.85. The van der Waals surface area contributed by atoms with E-state index in [2.05, 4.69) is 4.84 Å². The first-order valence-corrected chi connectivity index (χ1v) is 6.43. The van der Waals surface area contributed by atoms with Gasteiger partial charge in [-0.25, -0.2) is 0 Å². The number of hydrogen-bond acceptors (Lipinski definition) is 4. The van der Waals surface area contributed by atoms with Crippen LogP contribution in [0.25, 0.3) is 0 Å². The van der Waals surface area contributed by atoms with Gasteiger partial charge in [0.05, 0.1) is 5.69 Å². The minimum absolute atomic E-state index is 0.0214. The molecule has 0 aliphatic rings. The molecule has 0 saturated heterocycles. The summed E-state index contributed by atoms with van der Waals surface area (Å²) in [5, 5.41) is 9.71. The van der Waals surface area contributed by atoms with E-state index >= 15 is 0 Å². The average Bonchev–Trinajstić information content (AvgIpc) is 2.49. The van der Waals surface area contributed by atoms with Gasteiger partial charge in [-0.2, -0.15) is 0 Å². The second-order valence-electron chi connectivity index (χ2n) is 4.20. The van der Waals surface area contributed by atoms with E-state index in [4.69, 9.17) is 0 Å². The Morgan fingerprint density at radius 3 is 2.38 bits per heavy atom. The van der Waals surface area contributed by atoms with E-state index in [1.807, 2.05) is 6.07 Å². The number of hydrogen-bond donors (Lipinski definition) is 0. The molecule has 2 rings (SSSR count). The highest BCUT2D eigenvalue weighted by Gasteiger charge is 2.20. The number of carbonyl (C=O) groups excluding carboxylic acids is 1. The molecule has 0 spiro atoms. The average molecular weight is 286 g/mol. The molecule has 2 aromatic rings. The van der Waals surface area contributed by atoms with Gasteiger partial charge in [0.2, 0.25) is 5.91 Å². The van der Waals surface area contributed by atoms with E-state index in [0.29, 0.717) is 11.4 Å². The molecular formula is C15H14N2O4. The molecule has 0 heterocycles. The predicted molar refractivity (Wildman–Crippen MR) is 77.9 cm³/mol. The smallest absolute Gasteiger partial charge is 0.279 e. The molecule has 6 heteroatoms. The highest BCUT2D eigenvalue weighted by atomic mass is 17.0. The second-order valence-corrected chi connectivity index (χ2v) is 4.20. The number of nitrogens with zero attached hydrogens (tertiary/aromatic N) is 2. The molecular weight excluding hydrogens is 272 g/mol.